The van der Waals surface area contributed by atoms with E-state index >= 15 is 0 Å². The SMILES string of the molecule is [2H]C(C)(C)c1cc(-c2nc3c(-c4cc(-c5ccccc5)cc(-c5cc(-c6ccc(-c7ccccc7)cc6)ccn5)c4)cccc3n2-c2ccc(C(C)(C)C)cc2-c2ccc(C(C)(C)C)cc2)c(O)c(C([2H])(C)C)c1. The van der Waals surface area contributed by atoms with Crippen molar-refractivity contribution >= 4 is 11.0 Å². The van der Waals surface area contributed by atoms with Crippen LogP contribution in [0.15, 0.2) is 194 Å². The first-order valence-electron chi connectivity index (χ1n) is 26.1. The molecule has 0 fully saturated rings. The van der Waals surface area contributed by atoms with Crippen molar-refractivity contribution in [2.45, 2.75) is 91.9 Å². The molecule has 0 saturated heterocycles. The molecule has 8 aromatic carbocycles. The van der Waals surface area contributed by atoms with Crippen LogP contribution in [0, 0.1) is 0 Å². The van der Waals surface area contributed by atoms with Crippen molar-refractivity contribution in [1.29, 1.82) is 0 Å². The minimum atomic E-state index is -1.18. The molecule has 358 valence electrons. The maximum absolute atomic E-state index is 12.5. The highest BCUT2D eigenvalue weighted by molar-refractivity contribution is 5.98. The van der Waals surface area contributed by atoms with E-state index in [1.54, 1.807) is 13.8 Å². The Kier molecular flexibility index (Phi) is 12.0. The third kappa shape index (κ3) is 9.42. The first-order valence-corrected chi connectivity index (χ1v) is 25.1. The lowest BCUT2D eigenvalue weighted by Gasteiger charge is -2.24. The molecular weight excluding hydrogens is 875 g/mol. The average molecular weight is 942 g/mol. The molecule has 0 aliphatic carbocycles. The van der Waals surface area contributed by atoms with Crippen molar-refractivity contribution in [2.75, 3.05) is 0 Å². The second kappa shape index (κ2) is 19.1. The summed E-state index contributed by atoms with van der Waals surface area (Å²) in [6.45, 7) is 20.7. The molecule has 0 amide bonds. The summed E-state index contributed by atoms with van der Waals surface area (Å²) in [5.41, 5.74) is 18.7. The van der Waals surface area contributed by atoms with Crippen LogP contribution in [0.3, 0.4) is 0 Å². The smallest absolute Gasteiger partial charge is 0.149 e. The van der Waals surface area contributed by atoms with E-state index in [0.29, 0.717) is 22.5 Å². The summed E-state index contributed by atoms with van der Waals surface area (Å²) in [6.07, 6.45) is 1.89. The molecule has 4 nitrogen and oxygen atoms in total. The third-order valence-electron chi connectivity index (χ3n) is 14.0. The van der Waals surface area contributed by atoms with E-state index in [4.69, 9.17) is 9.97 Å². The molecule has 72 heavy (non-hydrogen) atoms. The van der Waals surface area contributed by atoms with Gasteiger partial charge < -0.3 is 5.11 Å². The van der Waals surface area contributed by atoms with Crippen molar-refractivity contribution < 1.29 is 7.85 Å². The molecule has 0 saturated carbocycles. The van der Waals surface area contributed by atoms with Gasteiger partial charge in [0.05, 0.1) is 28.0 Å². The molecule has 0 spiro atoms. The number of rotatable bonds is 10. The molecule has 0 aliphatic heterocycles. The van der Waals surface area contributed by atoms with Gasteiger partial charge >= 0.3 is 0 Å². The van der Waals surface area contributed by atoms with E-state index in [1.165, 1.54) is 22.3 Å². The maximum Gasteiger partial charge on any atom is 0.149 e. The number of benzene rings is 8. The van der Waals surface area contributed by atoms with Gasteiger partial charge in [0, 0.05) is 25.6 Å². The summed E-state index contributed by atoms with van der Waals surface area (Å²) < 4.78 is 20.7. The van der Waals surface area contributed by atoms with Crippen LogP contribution in [0.1, 0.15) is 106 Å². The normalized spacial score (nSPS) is 12.8. The molecule has 0 atom stereocenters. The summed E-state index contributed by atoms with van der Waals surface area (Å²) in [5, 5.41) is 12.5. The fourth-order valence-corrected chi connectivity index (χ4v) is 9.79. The van der Waals surface area contributed by atoms with Crippen LogP contribution in [0.25, 0.3) is 95.0 Å². The van der Waals surface area contributed by atoms with Gasteiger partial charge in [0.15, 0.2) is 0 Å². The number of imidazole rings is 1. The van der Waals surface area contributed by atoms with E-state index in [2.05, 4.69) is 210 Å². The Labute approximate surface area is 429 Å². The van der Waals surface area contributed by atoms with E-state index in [9.17, 15) is 7.85 Å². The predicted octanol–water partition coefficient (Wildman–Crippen LogP) is 18.6. The highest BCUT2D eigenvalue weighted by atomic mass is 16.3. The van der Waals surface area contributed by atoms with Crippen molar-refractivity contribution in [3.8, 4) is 89.7 Å². The molecule has 4 heteroatoms. The lowest BCUT2D eigenvalue weighted by Crippen LogP contribution is -2.12. The number of hydrogen-bond acceptors (Lipinski definition) is 3. The summed E-state index contributed by atoms with van der Waals surface area (Å²) in [7, 11) is 0. The van der Waals surface area contributed by atoms with Gasteiger partial charge in [0.1, 0.15) is 11.6 Å². The molecule has 2 heterocycles. The van der Waals surface area contributed by atoms with Crippen molar-refractivity contribution in [3.05, 3.63) is 217 Å². The number of nitrogens with zero attached hydrogens (tertiary/aromatic N) is 3. The average Bonchev–Trinajstić information content (AvgIpc) is 3.78. The lowest BCUT2D eigenvalue weighted by atomic mass is 9.83. The molecule has 10 aromatic rings. The van der Waals surface area contributed by atoms with Crippen molar-refractivity contribution in [3.63, 3.8) is 0 Å². The van der Waals surface area contributed by atoms with Crippen LogP contribution in [0.2, 0.25) is 0 Å². The first kappa shape index (κ1) is 45.3. The Balaban J connectivity index is 1.23. The van der Waals surface area contributed by atoms with Gasteiger partial charge in [-0.3, -0.25) is 9.55 Å². The zero-order chi connectivity index (χ0) is 52.3. The van der Waals surface area contributed by atoms with Gasteiger partial charge in [0.25, 0.3) is 0 Å². The van der Waals surface area contributed by atoms with Gasteiger partial charge in [-0.25, -0.2) is 4.98 Å². The van der Waals surface area contributed by atoms with Crippen LogP contribution < -0.4 is 0 Å². The fourth-order valence-electron chi connectivity index (χ4n) is 9.79. The minimum Gasteiger partial charge on any atom is -0.507 e. The standard InChI is InChI=1S/C68H65N3O/c1-43(2)51-39-58(44(3)4)65(72)60(40-51)66-70-64-57(22-17-23-63(64)71(66)62-33-32-56(68(8,9)10)42-59(62)49-28-30-55(31-29-49)67(5,6)7)53-36-52(46-20-15-12-16-21-46)37-54(38-53)61-41-50(34-35-69-61)48-26-24-47(25-27-48)45-18-13-11-14-19-45/h11-44,72H,1-10H3/i43D,44D. The number of fused-ring (bicyclic) bond motifs is 1. The summed E-state index contributed by atoms with van der Waals surface area (Å²) in [4.78, 5) is 10.6. The van der Waals surface area contributed by atoms with E-state index in [0.717, 1.165) is 72.5 Å². The van der Waals surface area contributed by atoms with Gasteiger partial charge in [-0.2, -0.15) is 0 Å². The lowest BCUT2D eigenvalue weighted by molar-refractivity contribution is 0.466. The molecule has 1 N–H and O–H groups in total. The van der Waals surface area contributed by atoms with E-state index < -0.39 is 11.8 Å². The Morgan fingerprint density at radius 1 is 0.458 bits per heavy atom. The molecule has 0 aliphatic rings. The topological polar surface area (TPSA) is 50.9 Å². The molecule has 2 aromatic heterocycles. The van der Waals surface area contributed by atoms with Crippen LogP contribution >= 0.6 is 0 Å². The van der Waals surface area contributed by atoms with Gasteiger partial charge in [-0.05, 0) is 144 Å². The third-order valence-corrected chi connectivity index (χ3v) is 14.0. The number of pyridine rings is 1. The van der Waals surface area contributed by atoms with Gasteiger partial charge in [-0.15, -0.1) is 0 Å². The zero-order valence-electron chi connectivity index (χ0n) is 45.3. The largest absolute Gasteiger partial charge is 0.507 e. The van der Waals surface area contributed by atoms with Crippen molar-refractivity contribution in [2.24, 2.45) is 0 Å². The molecule has 0 unspecified atom stereocenters. The summed E-state index contributed by atoms with van der Waals surface area (Å²) in [5.74, 6) is -1.72. The van der Waals surface area contributed by atoms with Crippen LogP contribution in [-0.2, 0) is 10.8 Å². The Morgan fingerprint density at radius 3 is 1.65 bits per heavy atom. The Hall–Kier alpha value is -7.82. The molecule has 0 radical (unpaired) electrons. The second-order valence-corrected chi connectivity index (χ2v) is 21.7. The van der Waals surface area contributed by atoms with E-state index in [-0.39, 0.29) is 16.6 Å². The van der Waals surface area contributed by atoms with Gasteiger partial charge in [0.2, 0.25) is 0 Å². The summed E-state index contributed by atoms with van der Waals surface area (Å²) >= 11 is 0. The Bertz CT molecular complexity index is 3680. The molecular formula is C68H65N3O. The highest BCUT2D eigenvalue weighted by Gasteiger charge is 2.27. The van der Waals surface area contributed by atoms with Crippen molar-refractivity contribution in [1.82, 2.24) is 14.5 Å². The number of phenolic OH excluding ortho intramolecular Hbond substituents is 1. The number of phenols is 1. The number of aromatic nitrogens is 3. The molecule has 10 rings (SSSR count). The van der Waals surface area contributed by atoms with Crippen LogP contribution in [0.4, 0.5) is 0 Å². The predicted molar refractivity (Wildman–Crippen MR) is 304 cm³/mol. The number of para-hydroxylation sites is 1. The van der Waals surface area contributed by atoms with E-state index in [1.807, 2.05) is 44.3 Å². The Morgan fingerprint density at radius 2 is 1.03 bits per heavy atom. The maximum atomic E-state index is 12.5. The second-order valence-electron chi connectivity index (χ2n) is 21.7. The highest BCUT2D eigenvalue weighted by Crippen LogP contribution is 2.45. The monoisotopic (exact) mass is 942 g/mol. The zero-order valence-corrected chi connectivity index (χ0v) is 43.3. The minimum absolute atomic E-state index is 0.0208. The first-order chi connectivity index (χ1) is 35.1. The summed E-state index contributed by atoms with van der Waals surface area (Å²) in [6, 6.07) is 66.2. The number of hydrogen-bond donors (Lipinski definition) is 1. The fraction of sp³-hybridized carbons (Fsp3) is 0.206. The van der Waals surface area contributed by atoms with Crippen LogP contribution in [0.5, 0.6) is 5.75 Å². The van der Waals surface area contributed by atoms with Crippen LogP contribution in [-0.4, -0.2) is 19.6 Å². The number of aromatic hydroxyl groups is 1. The molecule has 0 bridgehead atoms. The quantitative estimate of drug-likeness (QED) is 0.149. The van der Waals surface area contributed by atoms with Gasteiger partial charge in [-0.1, -0.05) is 203 Å².